The third-order valence-corrected chi connectivity index (χ3v) is 5.02. The summed E-state index contributed by atoms with van der Waals surface area (Å²) in [6.45, 7) is 1.92. The average Bonchev–Trinajstić information content (AvgIpc) is 2.95. The van der Waals surface area contributed by atoms with E-state index in [1.807, 2.05) is 23.1 Å². The van der Waals surface area contributed by atoms with Gasteiger partial charge in [-0.25, -0.2) is 4.79 Å². The number of carbonyl (C=O) groups excluding carboxylic acids is 2. The molecule has 7 nitrogen and oxygen atoms in total. The number of piperidine rings is 1. The highest BCUT2D eigenvalue weighted by atomic mass is 16.4. The molecule has 2 amide bonds. The van der Waals surface area contributed by atoms with Crippen LogP contribution in [0.25, 0.3) is 11.1 Å². The number of hydrogen-bond acceptors (Lipinski definition) is 4. The quantitative estimate of drug-likeness (QED) is 0.816. The molecule has 1 unspecified atom stereocenters. The Labute approximate surface area is 151 Å². The Balaban J connectivity index is 1.51. The predicted molar refractivity (Wildman–Crippen MR) is 97.4 cm³/mol. The van der Waals surface area contributed by atoms with Crippen LogP contribution < -0.4 is 11.5 Å². The standard InChI is InChI=1S/C19H25N3O4/c20-17(23)10-9-14-5-3-11-21(13-14)18(24)8-4-12-22-15-6-1-2-7-16(15)26-19(22)25/h1-2,6-7,14H,3-5,8-13H2,(H2,20,23). The van der Waals surface area contributed by atoms with Crippen LogP contribution in [0.2, 0.25) is 0 Å². The number of fused-ring (bicyclic) bond motifs is 1. The number of nitrogens with two attached hydrogens (primary N) is 1. The molecule has 0 radical (unpaired) electrons. The first-order valence-corrected chi connectivity index (χ1v) is 9.19. The third-order valence-electron chi connectivity index (χ3n) is 5.02. The summed E-state index contributed by atoms with van der Waals surface area (Å²) in [5, 5.41) is 0. The number of rotatable bonds is 7. The molecule has 0 spiro atoms. The van der Waals surface area contributed by atoms with Crippen molar-refractivity contribution in [1.82, 2.24) is 9.47 Å². The lowest BCUT2D eigenvalue weighted by molar-refractivity contribution is -0.133. The maximum atomic E-state index is 12.5. The Hall–Kier alpha value is -2.57. The summed E-state index contributed by atoms with van der Waals surface area (Å²) in [6, 6.07) is 7.29. The second-order valence-electron chi connectivity index (χ2n) is 6.94. The fourth-order valence-corrected chi connectivity index (χ4v) is 3.65. The van der Waals surface area contributed by atoms with E-state index < -0.39 is 0 Å². The van der Waals surface area contributed by atoms with Crippen molar-refractivity contribution in [2.75, 3.05) is 13.1 Å². The average molecular weight is 359 g/mol. The molecule has 1 aromatic carbocycles. The van der Waals surface area contributed by atoms with Gasteiger partial charge in [-0.2, -0.15) is 0 Å². The van der Waals surface area contributed by atoms with Gasteiger partial charge in [-0.1, -0.05) is 12.1 Å². The zero-order chi connectivity index (χ0) is 18.5. The van der Waals surface area contributed by atoms with Crippen molar-refractivity contribution in [2.45, 2.75) is 45.1 Å². The second-order valence-corrected chi connectivity index (χ2v) is 6.94. The molecule has 0 saturated carbocycles. The molecule has 3 rings (SSSR count). The van der Waals surface area contributed by atoms with Gasteiger partial charge < -0.3 is 15.1 Å². The Morgan fingerprint density at radius 1 is 1.23 bits per heavy atom. The van der Waals surface area contributed by atoms with Gasteiger partial charge in [-0.15, -0.1) is 0 Å². The van der Waals surface area contributed by atoms with Crippen molar-refractivity contribution >= 4 is 22.9 Å². The molecule has 1 aliphatic rings. The van der Waals surface area contributed by atoms with Gasteiger partial charge in [0.15, 0.2) is 5.58 Å². The number of benzene rings is 1. The van der Waals surface area contributed by atoms with E-state index in [9.17, 15) is 14.4 Å². The highest BCUT2D eigenvalue weighted by Crippen LogP contribution is 2.22. The van der Waals surface area contributed by atoms with Crippen LogP contribution in [0.1, 0.15) is 38.5 Å². The lowest BCUT2D eigenvalue weighted by Gasteiger charge is -2.32. The van der Waals surface area contributed by atoms with Gasteiger partial charge in [-0.3, -0.25) is 14.2 Å². The van der Waals surface area contributed by atoms with Crippen LogP contribution in [0.3, 0.4) is 0 Å². The number of oxazole rings is 1. The predicted octanol–water partition coefficient (Wildman–Crippen LogP) is 1.88. The van der Waals surface area contributed by atoms with Crippen LogP contribution in [0.4, 0.5) is 0 Å². The minimum absolute atomic E-state index is 0.106. The van der Waals surface area contributed by atoms with Crippen LogP contribution in [0, 0.1) is 5.92 Å². The monoisotopic (exact) mass is 359 g/mol. The molecule has 0 aliphatic carbocycles. The molecule has 7 heteroatoms. The fraction of sp³-hybridized carbons (Fsp3) is 0.526. The van der Waals surface area contributed by atoms with Gasteiger partial charge in [0, 0.05) is 32.5 Å². The molecule has 1 aromatic heterocycles. The minimum Gasteiger partial charge on any atom is -0.408 e. The molecular weight excluding hydrogens is 334 g/mol. The number of primary amides is 1. The number of aromatic nitrogens is 1. The summed E-state index contributed by atoms with van der Waals surface area (Å²) < 4.78 is 6.79. The Morgan fingerprint density at radius 3 is 2.85 bits per heavy atom. The van der Waals surface area contributed by atoms with Crippen molar-refractivity contribution in [3.8, 4) is 0 Å². The van der Waals surface area contributed by atoms with Crippen LogP contribution in [0.15, 0.2) is 33.5 Å². The number of carbonyl (C=O) groups is 2. The lowest BCUT2D eigenvalue weighted by Crippen LogP contribution is -2.40. The second kappa shape index (κ2) is 8.21. The van der Waals surface area contributed by atoms with Crippen molar-refractivity contribution in [1.29, 1.82) is 0 Å². The topological polar surface area (TPSA) is 98.5 Å². The zero-order valence-electron chi connectivity index (χ0n) is 14.9. The SMILES string of the molecule is NC(=O)CCC1CCCN(C(=O)CCCn2c(=O)oc3ccccc32)C1. The van der Waals surface area contributed by atoms with Crippen molar-refractivity contribution in [2.24, 2.45) is 11.7 Å². The van der Waals surface area contributed by atoms with E-state index in [2.05, 4.69) is 0 Å². The van der Waals surface area contributed by atoms with Gasteiger partial charge in [0.2, 0.25) is 11.8 Å². The smallest absolute Gasteiger partial charge is 0.408 e. The van der Waals surface area contributed by atoms with Gasteiger partial charge in [0.1, 0.15) is 0 Å². The first-order valence-electron chi connectivity index (χ1n) is 9.19. The van der Waals surface area contributed by atoms with E-state index in [1.54, 1.807) is 10.6 Å². The number of aryl methyl sites for hydroxylation is 1. The highest BCUT2D eigenvalue weighted by molar-refractivity contribution is 5.76. The van der Waals surface area contributed by atoms with Crippen LogP contribution in [-0.4, -0.2) is 34.4 Å². The molecule has 2 aromatic rings. The van der Waals surface area contributed by atoms with E-state index in [0.29, 0.717) is 43.9 Å². The van der Waals surface area contributed by atoms with Gasteiger partial charge in [0.25, 0.3) is 0 Å². The Kier molecular flexibility index (Phi) is 5.75. The largest absolute Gasteiger partial charge is 0.419 e. The molecule has 140 valence electrons. The number of hydrogen-bond donors (Lipinski definition) is 1. The van der Waals surface area contributed by atoms with Crippen LogP contribution >= 0.6 is 0 Å². The molecule has 1 saturated heterocycles. The Morgan fingerprint density at radius 2 is 2.04 bits per heavy atom. The summed E-state index contributed by atoms with van der Waals surface area (Å²) in [7, 11) is 0. The number of nitrogens with zero attached hydrogens (tertiary/aromatic N) is 2. The van der Waals surface area contributed by atoms with E-state index >= 15 is 0 Å². The van der Waals surface area contributed by atoms with Crippen molar-refractivity contribution in [3.63, 3.8) is 0 Å². The number of likely N-dealkylation sites (tertiary alicyclic amines) is 1. The minimum atomic E-state index is -0.386. The van der Waals surface area contributed by atoms with Gasteiger partial charge in [-0.05, 0) is 43.7 Å². The van der Waals surface area contributed by atoms with E-state index in [-0.39, 0.29) is 17.6 Å². The lowest BCUT2D eigenvalue weighted by atomic mass is 9.93. The molecule has 2 heterocycles. The molecule has 0 bridgehead atoms. The number of amides is 2. The van der Waals surface area contributed by atoms with E-state index in [4.69, 9.17) is 10.2 Å². The first-order chi connectivity index (χ1) is 12.5. The molecule has 2 N–H and O–H groups in total. The van der Waals surface area contributed by atoms with Gasteiger partial charge >= 0.3 is 5.76 Å². The summed E-state index contributed by atoms with van der Waals surface area (Å²) in [5.74, 6) is -0.218. The summed E-state index contributed by atoms with van der Waals surface area (Å²) in [5.41, 5.74) is 6.54. The Bertz CT molecular complexity index is 839. The van der Waals surface area contributed by atoms with Crippen molar-refractivity contribution in [3.05, 3.63) is 34.8 Å². The summed E-state index contributed by atoms with van der Waals surface area (Å²) in [4.78, 5) is 37.2. The maximum absolute atomic E-state index is 12.5. The van der Waals surface area contributed by atoms with Gasteiger partial charge in [0.05, 0.1) is 5.52 Å². The van der Waals surface area contributed by atoms with Crippen LogP contribution in [-0.2, 0) is 16.1 Å². The highest BCUT2D eigenvalue weighted by Gasteiger charge is 2.23. The fourth-order valence-electron chi connectivity index (χ4n) is 3.65. The normalized spacial score (nSPS) is 17.5. The molecule has 1 fully saturated rings. The van der Waals surface area contributed by atoms with Crippen LogP contribution in [0.5, 0.6) is 0 Å². The summed E-state index contributed by atoms with van der Waals surface area (Å²) in [6.07, 6.45) is 4.10. The molecule has 26 heavy (non-hydrogen) atoms. The first kappa shape index (κ1) is 18.2. The third kappa shape index (κ3) is 4.33. The molecular formula is C19H25N3O4. The van der Waals surface area contributed by atoms with Crippen molar-refractivity contribution < 1.29 is 14.0 Å². The van der Waals surface area contributed by atoms with E-state index in [0.717, 1.165) is 31.3 Å². The molecule has 1 aliphatic heterocycles. The molecule has 1 atom stereocenters. The zero-order valence-corrected chi connectivity index (χ0v) is 14.9. The summed E-state index contributed by atoms with van der Waals surface area (Å²) >= 11 is 0. The number of para-hydroxylation sites is 2. The van der Waals surface area contributed by atoms with E-state index in [1.165, 1.54) is 0 Å². The maximum Gasteiger partial charge on any atom is 0.419 e.